The number of rotatable bonds is 8. The molecule has 34 heavy (non-hydrogen) atoms. The van der Waals surface area contributed by atoms with Gasteiger partial charge in [0, 0.05) is 36.1 Å². The Hall–Kier alpha value is -3.52. The number of carbonyl (C=O) groups excluding carboxylic acids is 1. The Morgan fingerprint density at radius 2 is 1.82 bits per heavy atom. The Bertz CT molecular complexity index is 1360. The summed E-state index contributed by atoms with van der Waals surface area (Å²) in [5.74, 6) is -0.324. The lowest BCUT2D eigenvalue weighted by molar-refractivity contribution is -0.121. The van der Waals surface area contributed by atoms with Gasteiger partial charge in [0.2, 0.25) is 5.91 Å². The lowest BCUT2D eigenvalue weighted by atomic mass is 10.0. The van der Waals surface area contributed by atoms with Crippen LogP contribution >= 0.6 is 11.6 Å². The zero-order valence-electron chi connectivity index (χ0n) is 19.0. The number of nitrogens with one attached hydrogen (secondary N) is 1. The highest BCUT2D eigenvalue weighted by atomic mass is 35.5. The Labute approximate surface area is 201 Å². The summed E-state index contributed by atoms with van der Waals surface area (Å²) < 4.78 is 16.1. The molecule has 4 aromatic rings. The van der Waals surface area contributed by atoms with Crippen LogP contribution in [0.2, 0.25) is 5.02 Å². The van der Waals surface area contributed by atoms with Gasteiger partial charge in [0.25, 0.3) is 5.56 Å². The second kappa shape index (κ2) is 10.2. The van der Waals surface area contributed by atoms with Gasteiger partial charge in [-0.3, -0.25) is 9.59 Å². The Morgan fingerprint density at radius 1 is 1.12 bits per heavy atom. The third-order valence-corrected chi connectivity index (χ3v) is 5.97. The van der Waals surface area contributed by atoms with E-state index in [-0.39, 0.29) is 29.6 Å². The van der Waals surface area contributed by atoms with Crippen LogP contribution in [0.1, 0.15) is 36.9 Å². The molecular weight excluding hydrogens is 457 g/mol. The van der Waals surface area contributed by atoms with Crippen molar-refractivity contribution in [2.75, 3.05) is 6.54 Å². The van der Waals surface area contributed by atoms with E-state index in [1.807, 2.05) is 26.0 Å². The molecule has 0 fully saturated rings. The average Bonchev–Trinajstić information content (AvgIpc) is 3.28. The fourth-order valence-corrected chi connectivity index (χ4v) is 3.86. The molecule has 1 N–H and O–H groups in total. The zero-order chi connectivity index (χ0) is 24.2. The van der Waals surface area contributed by atoms with E-state index in [0.717, 1.165) is 11.3 Å². The van der Waals surface area contributed by atoms with Crippen LogP contribution in [0.3, 0.4) is 0 Å². The molecule has 1 unspecified atom stereocenters. The van der Waals surface area contributed by atoms with Gasteiger partial charge in [0.1, 0.15) is 5.82 Å². The lowest BCUT2D eigenvalue weighted by Crippen LogP contribution is -2.28. The molecule has 1 atom stereocenters. The first-order valence-electron chi connectivity index (χ1n) is 11.1. The topological polar surface area (TPSA) is 81.8 Å². The van der Waals surface area contributed by atoms with Crippen LogP contribution in [0.5, 0.6) is 0 Å². The maximum atomic E-state index is 13.1. The number of nitrogens with zero attached hydrogens (tertiary/aromatic N) is 4. The second-order valence-electron chi connectivity index (χ2n) is 8.29. The predicted molar refractivity (Wildman–Crippen MR) is 130 cm³/mol. The Balaban J connectivity index is 1.37. The van der Waals surface area contributed by atoms with Crippen LogP contribution in [0, 0.1) is 12.7 Å². The highest BCUT2D eigenvalue weighted by Gasteiger charge is 2.14. The first-order valence-corrected chi connectivity index (χ1v) is 11.4. The van der Waals surface area contributed by atoms with Gasteiger partial charge in [-0.05, 0) is 61.2 Å². The van der Waals surface area contributed by atoms with Crippen LogP contribution in [0.25, 0.3) is 16.6 Å². The Morgan fingerprint density at radius 3 is 2.53 bits per heavy atom. The minimum Gasteiger partial charge on any atom is -0.356 e. The number of amides is 1. The number of benzene rings is 2. The van der Waals surface area contributed by atoms with Gasteiger partial charge in [0.15, 0.2) is 5.52 Å². The normalized spacial score (nSPS) is 12.1. The summed E-state index contributed by atoms with van der Waals surface area (Å²) in [6, 6.07) is 13.4. The summed E-state index contributed by atoms with van der Waals surface area (Å²) in [5.41, 5.74) is 2.47. The molecule has 0 spiro atoms. The molecular formula is C25H25ClFN5O2. The lowest BCUT2D eigenvalue weighted by Gasteiger charge is -2.13. The van der Waals surface area contributed by atoms with Crippen molar-refractivity contribution in [3.05, 3.63) is 87.2 Å². The zero-order valence-corrected chi connectivity index (χ0v) is 19.7. The van der Waals surface area contributed by atoms with Crippen molar-refractivity contribution >= 4 is 28.4 Å². The van der Waals surface area contributed by atoms with Crippen LogP contribution in [-0.4, -0.2) is 32.0 Å². The number of fused-ring (bicyclic) bond motifs is 1. The fourth-order valence-electron chi connectivity index (χ4n) is 3.73. The van der Waals surface area contributed by atoms with Crippen LogP contribution in [0.4, 0.5) is 4.39 Å². The molecule has 0 bridgehead atoms. The van der Waals surface area contributed by atoms with E-state index in [1.165, 1.54) is 16.8 Å². The van der Waals surface area contributed by atoms with Crippen molar-refractivity contribution in [3.8, 4) is 5.69 Å². The quantitative estimate of drug-likeness (QED) is 0.405. The summed E-state index contributed by atoms with van der Waals surface area (Å²) >= 11 is 5.95. The van der Waals surface area contributed by atoms with Gasteiger partial charge in [-0.15, -0.1) is 0 Å². The van der Waals surface area contributed by atoms with E-state index >= 15 is 0 Å². The SMILES string of the molecule is Cc1nn(CCCC(=O)NCC(C)c2ccc(F)cc2)c(=O)c2nn(-c3ccc(Cl)cc3)cc12. The minimum atomic E-state index is -0.293. The molecule has 0 saturated heterocycles. The van der Waals surface area contributed by atoms with Crippen molar-refractivity contribution in [2.45, 2.75) is 39.2 Å². The largest absolute Gasteiger partial charge is 0.356 e. The van der Waals surface area contributed by atoms with Gasteiger partial charge in [-0.2, -0.15) is 10.2 Å². The molecule has 7 nitrogen and oxygen atoms in total. The molecule has 0 aliphatic heterocycles. The summed E-state index contributed by atoms with van der Waals surface area (Å²) in [6.45, 7) is 4.56. The first kappa shape index (κ1) is 23.6. The van der Waals surface area contributed by atoms with E-state index in [1.54, 1.807) is 35.1 Å². The molecule has 0 saturated carbocycles. The van der Waals surface area contributed by atoms with Crippen molar-refractivity contribution in [3.63, 3.8) is 0 Å². The smallest absolute Gasteiger partial charge is 0.295 e. The molecule has 2 heterocycles. The summed E-state index contributed by atoms with van der Waals surface area (Å²) in [6.07, 6.45) is 2.51. The van der Waals surface area contributed by atoms with E-state index < -0.39 is 0 Å². The van der Waals surface area contributed by atoms with Crippen LogP contribution in [-0.2, 0) is 11.3 Å². The number of hydrogen-bond acceptors (Lipinski definition) is 4. The number of hydrogen-bond donors (Lipinski definition) is 1. The molecule has 9 heteroatoms. The third kappa shape index (κ3) is 5.34. The van der Waals surface area contributed by atoms with Gasteiger partial charge in [0.05, 0.1) is 11.4 Å². The van der Waals surface area contributed by atoms with E-state index in [9.17, 15) is 14.0 Å². The molecule has 0 aliphatic rings. The summed E-state index contributed by atoms with van der Waals surface area (Å²) in [5, 5.41) is 13.1. The highest BCUT2D eigenvalue weighted by Crippen LogP contribution is 2.18. The summed E-state index contributed by atoms with van der Waals surface area (Å²) in [7, 11) is 0. The van der Waals surface area contributed by atoms with Crippen molar-refractivity contribution in [1.82, 2.24) is 24.9 Å². The molecule has 2 aromatic heterocycles. The van der Waals surface area contributed by atoms with E-state index in [2.05, 4.69) is 15.5 Å². The van der Waals surface area contributed by atoms with Crippen molar-refractivity contribution in [2.24, 2.45) is 0 Å². The minimum absolute atomic E-state index is 0.0645. The van der Waals surface area contributed by atoms with Crippen LogP contribution < -0.4 is 10.9 Å². The van der Waals surface area contributed by atoms with Gasteiger partial charge in [-0.25, -0.2) is 13.8 Å². The average molecular weight is 482 g/mol. The fraction of sp³-hybridized carbons (Fsp3) is 0.280. The number of carbonyl (C=O) groups is 1. The van der Waals surface area contributed by atoms with E-state index in [0.29, 0.717) is 41.1 Å². The van der Waals surface area contributed by atoms with E-state index in [4.69, 9.17) is 11.6 Å². The first-order chi connectivity index (χ1) is 16.3. The van der Waals surface area contributed by atoms with Gasteiger partial charge >= 0.3 is 0 Å². The van der Waals surface area contributed by atoms with Gasteiger partial charge in [-0.1, -0.05) is 30.7 Å². The molecule has 4 rings (SSSR count). The number of halogens is 2. The van der Waals surface area contributed by atoms with Gasteiger partial charge < -0.3 is 5.32 Å². The molecule has 0 radical (unpaired) electrons. The van der Waals surface area contributed by atoms with Crippen molar-refractivity contribution < 1.29 is 9.18 Å². The molecule has 176 valence electrons. The molecule has 1 amide bonds. The predicted octanol–water partition coefficient (Wildman–Crippen LogP) is 4.38. The molecule has 2 aromatic carbocycles. The summed E-state index contributed by atoms with van der Waals surface area (Å²) in [4.78, 5) is 25.2. The maximum Gasteiger partial charge on any atom is 0.295 e. The maximum absolute atomic E-state index is 13.1. The standard InChI is InChI=1S/C25H25ClFN5O2/c1-16(18-5-9-20(27)10-6-18)14-28-23(33)4-3-13-31-25(34)24-22(17(2)29-31)15-32(30-24)21-11-7-19(26)8-12-21/h5-12,15-16H,3-4,13-14H2,1-2H3,(H,28,33). The van der Waals surface area contributed by atoms with Crippen LogP contribution in [0.15, 0.2) is 59.5 Å². The number of aromatic nitrogens is 4. The Kier molecular flexibility index (Phi) is 7.07. The highest BCUT2D eigenvalue weighted by molar-refractivity contribution is 6.30. The third-order valence-electron chi connectivity index (χ3n) is 5.72. The number of aryl methyl sites for hydroxylation is 2. The molecule has 0 aliphatic carbocycles. The van der Waals surface area contributed by atoms with Crippen molar-refractivity contribution in [1.29, 1.82) is 0 Å². The monoisotopic (exact) mass is 481 g/mol. The second-order valence-corrected chi connectivity index (χ2v) is 8.72.